The maximum atomic E-state index is 12.0. The van der Waals surface area contributed by atoms with Crippen molar-refractivity contribution < 1.29 is 13.2 Å². The van der Waals surface area contributed by atoms with E-state index in [0.29, 0.717) is 29.0 Å². The number of rotatable bonds is 9. The van der Waals surface area contributed by atoms with E-state index in [9.17, 15) is 8.42 Å². The van der Waals surface area contributed by atoms with Crippen LogP contribution in [0.5, 0.6) is 5.75 Å². The van der Waals surface area contributed by atoms with Crippen molar-refractivity contribution in [3.63, 3.8) is 0 Å². The molecular formula is C24H26N8O3S. The molecule has 0 aliphatic rings. The van der Waals surface area contributed by atoms with Crippen LogP contribution in [0.25, 0.3) is 5.82 Å². The van der Waals surface area contributed by atoms with Gasteiger partial charge in [-0.15, -0.1) is 0 Å². The predicted molar refractivity (Wildman–Crippen MR) is 139 cm³/mol. The van der Waals surface area contributed by atoms with Crippen molar-refractivity contribution in [2.45, 2.75) is 18.7 Å². The molecule has 3 N–H and O–H groups in total. The normalized spacial score (nSPS) is 11.8. The smallest absolute Gasteiger partial charge is 0.240 e. The molecule has 0 saturated carbocycles. The van der Waals surface area contributed by atoms with E-state index < -0.39 is 10.0 Å². The van der Waals surface area contributed by atoms with Gasteiger partial charge in [0.1, 0.15) is 17.9 Å². The van der Waals surface area contributed by atoms with Crippen molar-refractivity contribution in [2.75, 3.05) is 24.9 Å². The number of hydrazone groups is 1. The van der Waals surface area contributed by atoms with Crippen LogP contribution >= 0.6 is 0 Å². The molecule has 0 atom stereocenters. The van der Waals surface area contributed by atoms with Gasteiger partial charge in [-0.25, -0.2) is 18.1 Å². The molecule has 0 saturated heterocycles. The van der Waals surface area contributed by atoms with E-state index in [1.165, 1.54) is 19.2 Å². The highest BCUT2D eigenvalue weighted by Crippen LogP contribution is 2.25. The number of hydrogen-bond donors (Lipinski definition) is 3. The zero-order valence-electron chi connectivity index (χ0n) is 20.2. The van der Waals surface area contributed by atoms with Crippen LogP contribution in [0.15, 0.2) is 77.2 Å². The van der Waals surface area contributed by atoms with E-state index >= 15 is 0 Å². The summed E-state index contributed by atoms with van der Waals surface area (Å²) in [6.45, 7) is 3.78. The maximum Gasteiger partial charge on any atom is 0.240 e. The average Bonchev–Trinajstić information content (AvgIpc) is 3.44. The van der Waals surface area contributed by atoms with Gasteiger partial charge in [0.05, 0.1) is 17.7 Å². The Morgan fingerprint density at radius 1 is 1.08 bits per heavy atom. The molecule has 0 radical (unpaired) electrons. The first kappa shape index (κ1) is 24.8. The Morgan fingerprint density at radius 2 is 1.86 bits per heavy atom. The molecule has 0 amide bonds. The Kier molecular flexibility index (Phi) is 7.27. The van der Waals surface area contributed by atoms with Crippen molar-refractivity contribution in [3.8, 4) is 11.6 Å². The van der Waals surface area contributed by atoms with Crippen molar-refractivity contribution in [2.24, 2.45) is 5.10 Å². The minimum atomic E-state index is -3.51. The van der Waals surface area contributed by atoms with Crippen LogP contribution in [-0.2, 0) is 10.0 Å². The molecule has 2 aromatic carbocycles. The number of aromatic nitrogens is 4. The number of imidazole rings is 1. The zero-order chi connectivity index (χ0) is 25.7. The molecule has 0 aliphatic heterocycles. The summed E-state index contributed by atoms with van der Waals surface area (Å²) >= 11 is 0. The number of anilines is 3. The monoisotopic (exact) mass is 506 g/mol. The molecule has 0 unspecified atom stereocenters. The third-order valence-corrected chi connectivity index (χ3v) is 6.79. The highest BCUT2D eigenvalue weighted by molar-refractivity contribution is 7.89. The Balaban J connectivity index is 1.62. The van der Waals surface area contributed by atoms with Crippen LogP contribution in [0.1, 0.15) is 18.1 Å². The molecule has 186 valence electrons. The number of benzene rings is 2. The number of methoxy groups -OCH3 is 1. The third kappa shape index (κ3) is 5.67. The zero-order valence-corrected chi connectivity index (χ0v) is 21.0. The first-order valence-corrected chi connectivity index (χ1v) is 12.4. The largest absolute Gasteiger partial charge is 0.497 e. The van der Waals surface area contributed by atoms with Gasteiger partial charge < -0.3 is 10.1 Å². The molecule has 0 bridgehead atoms. The van der Waals surface area contributed by atoms with E-state index in [0.717, 1.165) is 16.8 Å². The maximum absolute atomic E-state index is 12.0. The fourth-order valence-electron chi connectivity index (χ4n) is 3.26. The topological polar surface area (TPSA) is 135 Å². The number of aryl methyl sites for hydroxylation is 1. The van der Waals surface area contributed by atoms with Crippen molar-refractivity contribution in [3.05, 3.63) is 78.4 Å². The average molecular weight is 507 g/mol. The summed E-state index contributed by atoms with van der Waals surface area (Å²) in [6, 6.07) is 13.9. The lowest BCUT2D eigenvalue weighted by molar-refractivity contribution is 0.415. The van der Waals surface area contributed by atoms with Crippen molar-refractivity contribution >= 4 is 33.2 Å². The van der Waals surface area contributed by atoms with Gasteiger partial charge in [-0.1, -0.05) is 18.2 Å². The molecule has 0 aliphatic carbocycles. The SMILES string of the molecule is CNS(=O)(=O)c1ccc(C(C)=NNc2cc(-n3ccnc3)nc(Nc3cc(OC)ccc3C)n2)cc1. The van der Waals surface area contributed by atoms with Gasteiger partial charge in [0.2, 0.25) is 16.0 Å². The fourth-order valence-corrected chi connectivity index (χ4v) is 3.99. The Morgan fingerprint density at radius 3 is 2.53 bits per heavy atom. The minimum Gasteiger partial charge on any atom is -0.497 e. The lowest BCUT2D eigenvalue weighted by Gasteiger charge is -2.13. The summed E-state index contributed by atoms with van der Waals surface area (Å²) in [7, 11) is -0.521. The Bertz CT molecular complexity index is 1480. The van der Waals surface area contributed by atoms with Gasteiger partial charge in [0, 0.05) is 30.2 Å². The van der Waals surface area contributed by atoms with E-state index in [2.05, 4.69) is 35.5 Å². The van der Waals surface area contributed by atoms with E-state index in [1.54, 1.807) is 48.6 Å². The molecule has 4 rings (SSSR count). The Hall–Kier alpha value is -4.29. The highest BCUT2D eigenvalue weighted by atomic mass is 32.2. The van der Waals surface area contributed by atoms with Crippen LogP contribution in [0, 0.1) is 6.92 Å². The second-order valence-corrected chi connectivity index (χ2v) is 9.64. The molecule has 0 spiro atoms. The van der Waals surface area contributed by atoms with Gasteiger partial charge in [-0.05, 0) is 50.2 Å². The van der Waals surface area contributed by atoms with Gasteiger partial charge in [0.15, 0.2) is 5.82 Å². The molecular weight excluding hydrogens is 480 g/mol. The number of hydrogen-bond acceptors (Lipinski definition) is 9. The molecule has 11 nitrogen and oxygen atoms in total. The summed E-state index contributed by atoms with van der Waals surface area (Å²) in [6.07, 6.45) is 5.08. The lowest BCUT2D eigenvalue weighted by Crippen LogP contribution is -2.18. The molecule has 36 heavy (non-hydrogen) atoms. The molecule has 2 aromatic heterocycles. The first-order chi connectivity index (χ1) is 17.3. The van der Waals surface area contributed by atoms with Crippen molar-refractivity contribution in [1.82, 2.24) is 24.2 Å². The summed E-state index contributed by atoms with van der Waals surface area (Å²) in [5.41, 5.74) is 6.18. The first-order valence-electron chi connectivity index (χ1n) is 10.9. The van der Waals surface area contributed by atoms with Gasteiger partial charge in [-0.2, -0.15) is 15.1 Å². The quantitative estimate of drug-likeness (QED) is 0.232. The Labute approximate surface area is 209 Å². The standard InChI is InChI=1S/C24H26N8O3S/c1-16-5-8-19(35-4)13-21(16)27-24-28-22(14-23(29-24)32-12-11-26-15-32)31-30-17(2)18-6-9-20(10-7-18)36(33,34)25-3/h5-15,25H,1-4H3,(H2,27,28,29,31). The number of nitrogens with zero attached hydrogens (tertiary/aromatic N) is 5. The van der Waals surface area contributed by atoms with Crippen LogP contribution in [-0.4, -0.2) is 47.8 Å². The van der Waals surface area contributed by atoms with Crippen LogP contribution in [0.2, 0.25) is 0 Å². The van der Waals surface area contributed by atoms with Gasteiger partial charge in [-0.3, -0.25) is 9.99 Å². The second-order valence-electron chi connectivity index (χ2n) is 7.75. The third-order valence-electron chi connectivity index (χ3n) is 5.36. The summed E-state index contributed by atoms with van der Waals surface area (Å²) < 4.78 is 33.3. The second kappa shape index (κ2) is 10.5. The highest BCUT2D eigenvalue weighted by Gasteiger charge is 2.12. The summed E-state index contributed by atoms with van der Waals surface area (Å²) in [5, 5.41) is 7.68. The number of nitrogens with one attached hydrogen (secondary N) is 3. The molecule has 12 heteroatoms. The van der Waals surface area contributed by atoms with Crippen LogP contribution in [0.4, 0.5) is 17.5 Å². The van der Waals surface area contributed by atoms with Gasteiger partial charge >= 0.3 is 0 Å². The van der Waals surface area contributed by atoms with Gasteiger partial charge in [0.25, 0.3) is 0 Å². The minimum absolute atomic E-state index is 0.179. The van der Waals surface area contributed by atoms with Crippen LogP contribution < -0.4 is 20.2 Å². The van der Waals surface area contributed by atoms with Crippen LogP contribution in [0.3, 0.4) is 0 Å². The summed E-state index contributed by atoms with van der Waals surface area (Å²) in [4.78, 5) is 13.4. The lowest BCUT2D eigenvalue weighted by atomic mass is 10.1. The van der Waals surface area contributed by atoms with E-state index in [4.69, 9.17) is 4.74 Å². The van der Waals surface area contributed by atoms with E-state index in [-0.39, 0.29) is 4.90 Å². The molecule has 4 aromatic rings. The van der Waals surface area contributed by atoms with E-state index in [1.807, 2.05) is 32.0 Å². The molecule has 2 heterocycles. The summed E-state index contributed by atoms with van der Waals surface area (Å²) in [5.74, 6) is 2.10. The number of sulfonamides is 1. The predicted octanol–water partition coefficient (Wildman–Crippen LogP) is 3.47. The van der Waals surface area contributed by atoms with Crippen molar-refractivity contribution in [1.29, 1.82) is 0 Å². The fraction of sp³-hybridized carbons (Fsp3) is 0.167. The number of ether oxygens (including phenoxy) is 1. The molecule has 0 fully saturated rings.